The maximum absolute atomic E-state index is 12.4. The van der Waals surface area contributed by atoms with Crippen molar-refractivity contribution in [2.45, 2.75) is 26.0 Å². The van der Waals surface area contributed by atoms with Gasteiger partial charge in [0.25, 0.3) is 0 Å². The lowest BCUT2D eigenvalue weighted by Gasteiger charge is -2.19. The third-order valence-corrected chi connectivity index (χ3v) is 5.86. The molecule has 6 heteroatoms. The number of rotatable bonds is 7. The Balaban J connectivity index is 1.86. The van der Waals surface area contributed by atoms with Crippen molar-refractivity contribution in [3.05, 3.63) is 64.2 Å². The molecular formula is C21H25ClN2O2S. The summed E-state index contributed by atoms with van der Waals surface area (Å²) in [7, 11) is 1.65. The summed E-state index contributed by atoms with van der Waals surface area (Å²) in [6.07, 6.45) is 0. The molecule has 1 atom stereocenters. The van der Waals surface area contributed by atoms with Crippen molar-refractivity contribution >= 4 is 40.9 Å². The van der Waals surface area contributed by atoms with Crippen molar-refractivity contribution in [3.8, 4) is 0 Å². The number of hydrogen-bond acceptors (Lipinski definition) is 3. The van der Waals surface area contributed by atoms with Gasteiger partial charge in [-0.15, -0.1) is 11.8 Å². The van der Waals surface area contributed by atoms with Gasteiger partial charge in [0.1, 0.15) is 0 Å². The van der Waals surface area contributed by atoms with E-state index in [1.54, 1.807) is 7.05 Å². The van der Waals surface area contributed by atoms with Gasteiger partial charge in [-0.05, 0) is 43.5 Å². The van der Waals surface area contributed by atoms with Gasteiger partial charge in [-0.25, -0.2) is 0 Å². The molecule has 0 saturated heterocycles. The van der Waals surface area contributed by atoms with E-state index in [2.05, 4.69) is 5.32 Å². The van der Waals surface area contributed by atoms with E-state index in [1.807, 2.05) is 63.2 Å². The molecule has 0 aliphatic heterocycles. The molecule has 2 aromatic rings. The average molecular weight is 405 g/mol. The van der Waals surface area contributed by atoms with Crippen molar-refractivity contribution in [1.29, 1.82) is 0 Å². The predicted molar refractivity (Wildman–Crippen MR) is 115 cm³/mol. The van der Waals surface area contributed by atoms with E-state index < -0.39 is 0 Å². The minimum atomic E-state index is -0.201. The summed E-state index contributed by atoms with van der Waals surface area (Å²) in [5.41, 5.74) is 3.82. The van der Waals surface area contributed by atoms with Gasteiger partial charge in [-0.3, -0.25) is 9.59 Å². The molecule has 0 aliphatic rings. The fourth-order valence-corrected chi connectivity index (χ4v) is 4.06. The minimum absolute atomic E-state index is 0.0215. The number of nitrogens with zero attached hydrogens (tertiary/aromatic N) is 1. The monoisotopic (exact) mass is 404 g/mol. The third kappa shape index (κ3) is 6.01. The maximum atomic E-state index is 12.4. The molecule has 0 fully saturated rings. The second kappa shape index (κ2) is 9.81. The average Bonchev–Trinajstić information content (AvgIpc) is 2.63. The molecule has 0 spiro atoms. The molecule has 0 aromatic heterocycles. The number of halogens is 1. The number of amides is 2. The van der Waals surface area contributed by atoms with E-state index >= 15 is 0 Å². The van der Waals surface area contributed by atoms with Crippen LogP contribution >= 0.6 is 23.4 Å². The molecule has 27 heavy (non-hydrogen) atoms. The Morgan fingerprint density at radius 2 is 1.74 bits per heavy atom. The fraction of sp³-hybridized carbons (Fsp3) is 0.333. The Bertz CT molecular complexity index is 805. The third-order valence-electron chi connectivity index (χ3n) is 4.35. The van der Waals surface area contributed by atoms with Crippen LogP contribution in [0.2, 0.25) is 5.02 Å². The largest absolute Gasteiger partial charge is 0.336 e. The summed E-state index contributed by atoms with van der Waals surface area (Å²) in [5, 5.41) is 3.70. The second-order valence-electron chi connectivity index (χ2n) is 6.54. The van der Waals surface area contributed by atoms with E-state index in [0.717, 1.165) is 22.4 Å². The topological polar surface area (TPSA) is 49.4 Å². The summed E-state index contributed by atoms with van der Waals surface area (Å²) in [6.45, 7) is 5.94. The molecule has 0 radical (unpaired) electrons. The zero-order valence-corrected chi connectivity index (χ0v) is 17.7. The molecule has 0 heterocycles. The zero-order valence-electron chi connectivity index (χ0n) is 16.1. The molecule has 1 unspecified atom stereocenters. The molecule has 2 amide bonds. The van der Waals surface area contributed by atoms with Gasteiger partial charge in [0.05, 0.1) is 12.3 Å². The van der Waals surface area contributed by atoms with Gasteiger partial charge in [0, 0.05) is 23.0 Å². The molecule has 0 saturated carbocycles. The number of carbonyl (C=O) groups excluding carboxylic acids is 2. The van der Waals surface area contributed by atoms with E-state index in [1.165, 1.54) is 16.7 Å². The minimum Gasteiger partial charge on any atom is -0.336 e. The number of anilines is 1. The number of likely N-dealkylation sites (N-methyl/N-ethyl adjacent to an activating group) is 1. The summed E-state index contributed by atoms with van der Waals surface area (Å²) in [5.74, 6) is 0.00231. The predicted octanol–water partition coefficient (Wildman–Crippen LogP) is 4.85. The zero-order chi connectivity index (χ0) is 20.0. The van der Waals surface area contributed by atoms with Crippen LogP contribution in [0.3, 0.4) is 0 Å². The highest BCUT2D eigenvalue weighted by Crippen LogP contribution is 2.32. The summed E-state index contributed by atoms with van der Waals surface area (Å²) < 4.78 is 0. The molecular weight excluding hydrogens is 380 g/mol. The van der Waals surface area contributed by atoms with Gasteiger partial charge < -0.3 is 10.2 Å². The summed E-state index contributed by atoms with van der Waals surface area (Å²) >= 11 is 7.72. The number of benzene rings is 2. The lowest BCUT2D eigenvalue weighted by atomic mass is 10.1. The Labute approximate surface area is 170 Å². The molecule has 0 aliphatic carbocycles. The van der Waals surface area contributed by atoms with Gasteiger partial charge in [0.15, 0.2) is 0 Å². The van der Waals surface area contributed by atoms with Crippen LogP contribution in [0.15, 0.2) is 42.5 Å². The molecule has 2 aromatic carbocycles. The molecule has 2 rings (SSSR count). The van der Waals surface area contributed by atoms with Gasteiger partial charge in [-0.1, -0.05) is 48.0 Å². The fourth-order valence-electron chi connectivity index (χ4n) is 2.70. The molecule has 0 bridgehead atoms. The van der Waals surface area contributed by atoms with E-state index in [0.29, 0.717) is 10.8 Å². The highest BCUT2D eigenvalue weighted by molar-refractivity contribution is 8.00. The number of hydrogen-bond donors (Lipinski definition) is 1. The Morgan fingerprint density at radius 1 is 1.11 bits per heavy atom. The highest BCUT2D eigenvalue weighted by atomic mass is 35.5. The van der Waals surface area contributed by atoms with Gasteiger partial charge >= 0.3 is 0 Å². The number of aryl methyl sites for hydroxylation is 2. The second-order valence-corrected chi connectivity index (χ2v) is 8.28. The van der Waals surface area contributed by atoms with Crippen molar-refractivity contribution in [3.63, 3.8) is 0 Å². The van der Waals surface area contributed by atoms with Crippen LogP contribution in [0, 0.1) is 13.8 Å². The van der Waals surface area contributed by atoms with Crippen LogP contribution < -0.4 is 5.32 Å². The van der Waals surface area contributed by atoms with Crippen molar-refractivity contribution in [2.75, 3.05) is 24.7 Å². The normalized spacial score (nSPS) is 11.7. The number of nitrogens with one attached hydrogen (secondary N) is 1. The van der Waals surface area contributed by atoms with Crippen LogP contribution in [-0.2, 0) is 9.59 Å². The molecule has 4 nitrogen and oxygen atoms in total. The lowest BCUT2D eigenvalue weighted by Crippen LogP contribution is -2.36. The van der Waals surface area contributed by atoms with E-state index in [-0.39, 0.29) is 23.6 Å². The van der Waals surface area contributed by atoms with Gasteiger partial charge in [0.2, 0.25) is 11.8 Å². The first-order chi connectivity index (χ1) is 12.8. The highest BCUT2D eigenvalue weighted by Gasteiger charge is 2.17. The Morgan fingerprint density at radius 3 is 2.37 bits per heavy atom. The summed E-state index contributed by atoms with van der Waals surface area (Å²) in [4.78, 5) is 26.1. The lowest BCUT2D eigenvalue weighted by molar-refractivity contribution is -0.131. The van der Waals surface area contributed by atoms with Crippen molar-refractivity contribution in [2.24, 2.45) is 0 Å². The Hall–Kier alpha value is -1.98. The van der Waals surface area contributed by atoms with E-state index in [4.69, 9.17) is 11.6 Å². The van der Waals surface area contributed by atoms with Crippen LogP contribution in [0.25, 0.3) is 0 Å². The molecule has 1 N–H and O–H groups in total. The van der Waals surface area contributed by atoms with Crippen molar-refractivity contribution in [1.82, 2.24) is 4.90 Å². The first kappa shape index (κ1) is 21.3. The van der Waals surface area contributed by atoms with Crippen LogP contribution in [0.4, 0.5) is 5.69 Å². The van der Waals surface area contributed by atoms with Crippen molar-refractivity contribution < 1.29 is 9.59 Å². The number of carbonyl (C=O) groups is 2. The SMILES string of the molecule is Cc1cccc(C)c1NC(=O)CN(C)C(=O)CSC(C)c1ccccc1Cl. The first-order valence-corrected chi connectivity index (χ1v) is 10.2. The van der Waals surface area contributed by atoms with E-state index in [9.17, 15) is 9.59 Å². The van der Waals surface area contributed by atoms with Crippen LogP contribution in [-0.4, -0.2) is 36.1 Å². The quantitative estimate of drug-likeness (QED) is 0.717. The maximum Gasteiger partial charge on any atom is 0.243 e. The van der Waals surface area contributed by atoms with Crippen LogP contribution in [0.1, 0.15) is 28.9 Å². The van der Waals surface area contributed by atoms with Gasteiger partial charge in [-0.2, -0.15) is 0 Å². The number of thioether (sulfide) groups is 1. The standard InChI is InChI=1S/C21H25ClN2O2S/c1-14-8-7-9-15(2)21(14)23-19(25)12-24(4)20(26)13-27-16(3)17-10-5-6-11-18(17)22/h5-11,16H,12-13H2,1-4H3,(H,23,25). The summed E-state index contributed by atoms with van der Waals surface area (Å²) in [6, 6.07) is 13.5. The molecule has 144 valence electrons. The Kier molecular flexibility index (Phi) is 7.75. The number of para-hydroxylation sites is 1. The first-order valence-electron chi connectivity index (χ1n) is 8.75. The van der Waals surface area contributed by atoms with Crippen LogP contribution in [0.5, 0.6) is 0 Å². The smallest absolute Gasteiger partial charge is 0.243 e.